The molecule has 0 unspecified atom stereocenters. The van der Waals surface area contributed by atoms with Gasteiger partial charge >= 0.3 is 5.97 Å². The van der Waals surface area contributed by atoms with E-state index in [1.54, 1.807) is 62.0 Å². The predicted octanol–water partition coefficient (Wildman–Crippen LogP) is 2.65. The second kappa shape index (κ2) is 13.1. The molecule has 3 rings (SSSR count). The van der Waals surface area contributed by atoms with E-state index in [4.69, 9.17) is 14.2 Å². The van der Waals surface area contributed by atoms with Crippen molar-refractivity contribution in [3.05, 3.63) is 59.3 Å². The molecule has 0 radical (unpaired) electrons. The minimum Gasteiger partial charge on any atom is -0.497 e. The van der Waals surface area contributed by atoms with E-state index < -0.39 is 29.6 Å². The van der Waals surface area contributed by atoms with Crippen molar-refractivity contribution in [2.24, 2.45) is 0 Å². The molecular weight excluding hydrogens is 474 g/mol. The third kappa shape index (κ3) is 8.14. The van der Waals surface area contributed by atoms with Crippen LogP contribution in [0.25, 0.3) is 6.08 Å². The highest BCUT2D eigenvalue weighted by Crippen LogP contribution is 2.31. The Morgan fingerprint density at radius 1 is 1.14 bits per heavy atom. The van der Waals surface area contributed by atoms with Crippen LogP contribution in [0.3, 0.4) is 0 Å². The number of benzene rings is 1. The molecule has 184 valence electrons. The molecule has 1 aromatic heterocycles. The highest BCUT2D eigenvalue weighted by Gasteiger charge is 2.34. The third-order valence-corrected chi connectivity index (χ3v) is 5.64. The van der Waals surface area contributed by atoms with Crippen LogP contribution in [0.5, 0.6) is 11.5 Å². The summed E-state index contributed by atoms with van der Waals surface area (Å²) in [6.45, 7) is -0.0660. The minimum absolute atomic E-state index is 0.0113. The average molecular weight is 500 g/mol. The van der Waals surface area contributed by atoms with Gasteiger partial charge < -0.3 is 19.5 Å². The monoisotopic (exact) mass is 499 g/mol. The van der Waals surface area contributed by atoms with Gasteiger partial charge in [-0.2, -0.15) is 0 Å². The molecule has 11 heteroatoms. The molecule has 1 aromatic carbocycles. The van der Waals surface area contributed by atoms with E-state index in [1.807, 2.05) is 0 Å². The summed E-state index contributed by atoms with van der Waals surface area (Å²) in [6.07, 6.45) is 5.32. The highest BCUT2D eigenvalue weighted by atomic mass is 32.2. The Bertz CT molecular complexity index is 1070. The summed E-state index contributed by atoms with van der Waals surface area (Å²) in [5.74, 6) is -0.0946. The lowest BCUT2D eigenvalue weighted by molar-refractivity contribution is -0.148. The normalized spacial score (nSPS) is 14.2. The number of pyridine rings is 1. The van der Waals surface area contributed by atoms with Gasteiger partial charge in [-0.3, -0.25) is 29.1 Å². The molecule has 1 fully saturated rings. The van der Waals surface area contributed by atoms with Crippen LogP contribution in [-0.2, 0) is 19.1 Å². The first-order chi connectivity index (χ1) is 17.0. The van der Waals surface area contributed by atoms with Crippen LogP contribution in [0.15, 0.2) is 53.7 Å². The maximum Gasteiger partial charge on any atom is 0.306 e. The van der Waals surface area contributed by atoms with E-state index in [2.05, 4.69) is 10.3 Å². The quantitative estimate of drug-likeness (QED) is 0.267. The summed E-state index contributed by atoms with van der Waals surface area (Å²) in [5.41, 5.74) is 0.709. The Hall–Kier alpha value is -3.86. The molecule has 3 amide bonds. The van der Waals surface area contributed by atoms with Crippen molar-refractivity contribution in [2.75, 3.05) is 33.4 Å². The lowest BCUT2D eigenvalue weighted by atomic mass is 10.2. The van der Waals surface area contributed by atoms with E-state index in [0.717, 1.165) is 22.4 Å². The summed E-state index contributed by atoms with van der Waals surface area (Å²) in [5, 5.41) is 2.12. The SMILES string of the molecule is COc1ccc(OCCCC(=O)OCC(=O)NCCN2C(=O)S/C(=C\c3cccnc3)C2=O)cc1. The number of carbonyl (C=O) groups is 4. The van der Waals surface area contributed by atoms with Gasteiger partial charge in [-0.1, -0.05) is 6.07 Å². The zero-order valence-electron chi connectivity index (χ0n) is 19.1. The Morgan fingerprint density at radius 2 is 1.91 bits per heavy atom. The molecule has 10 nitrogen and oxygen atoms in total. The number of amides is 3. The molecule has 0 aliphatic carbocycles. The van der Waals surface area contributed by atoms with Gasteiger partial charge in [0, 0.05) is 31.9 Å². The van der Waals surface area contributed by atoms with Crippen LogP contribution in [0.2, 0.25) is 0 Å². The average Bonchev–Trinajstić information content (AvgIpc) is 3.13. The number of esters is 1. The van der Waals surface area contributed by atoms with Crippen molar-refractivity contribution in [1.82, 2.24) is 15.2 Å². The number of methoxy groups -OCH3 is 1. The number of rotatable bonds is 12. The van der Waals surface area contributed by atoms with Gasteiger partial charge in [0.1, 0.15) is 11.5 Å². The number of hydrogen-bond acceptors (Lipinski definition) is 9. The summed E-state index contributed by atoms with van der Waals surface area (Å²) >= 11 is 0.832. The van der Waals surface area contributed by atoms with Crippen LogP contribution < -0.4 is 14.8 Å². The third-order valence-electron chi connectivity index (χ3n) is 4.73. The first kappa shape index (κ1) is 25.8. The molecule has 1 N–H and O–H groups in total. The van der Waals surface area contributed by atoms with E-state index in [9.17, 15) is 19.2 Å². The number of nitrogens with one attached hydrogen (secondary N) is 1. The van der Waals surface area contributed by atoms with Crippen LogP contribution in [0.4, 0.5) is 4.79 Å². The summed E-state index contributed by atoms with van der Waals surface area (Å²) in [7, 11) is 1.58. The lowest BCUT2D eigenvalue weighted by Gasteiger charge is -2.13. The molecule has 1 aliphatic heterocycles. The van der Waals surface area contributed by atoms with E-state index in [1.165, 1.54) is 0 Å². The fourth-order valence-electron chi connectivity index (χ4n) is 2.96. The number of hydrogen-bond donors (Lipinski definition) is 1. The van der Waals surface area contributed by atoms with Crippen molar-refractivity contribution in [3.8, 4) is 11.5 Å². The van der Waals surface area contributed by atoms with Crippen LogP contribution in [-0.4, -0.2) is 66.3 Å². The smallest absolute Gasteiger partial charge is 0.306 e. The van der Waals surface area contributed by atoms with Crippen LogP contribution >= 0.6 is 11.8 Å². The first-order valence-corrected chi connectivity index (χ1v) is 11.6. The predicted molar refractivity (Wildman–Crippen MR) is 129 cm³/mol. The standard InChI is InChI=1S/C24H25N3O7S/c1-32-18-6-8-19(9-7-18)33-13-3-5-22(29)34-16-21(28)26-11-12-27-23(30)20(35-24(27)31)14-17-4-2-10-25-15-17/h2,4,6-10,14-15H,3,5,11-13,16H2,1H3,(H,26,28)/b20-14-. The number of carbonyl (C=O) groups excluding carboxylic acids is 4. The van der Waals surface area contributed by atoms with Crippen LogP contribution in [0.1, 0.15) is 18.4 Å². The van der Waals surface area contributed by atoms with Gasteiger partial charge in [0.25, 0.3) is 17.1 Å². The van der Waals surface area contributed by atoms with Crippen molar-refractivity contribution in [3.63, 3.8) is 0 Å². The molecule has 0 saturated carbocycles. The summed E-state index contributed by atoms with van der Waals surface area (Å²) < 4.78 is 15.5. The van der Waals surface area contributed by atoms with E-state index in [-0.39, 0.29) is 19.5 Å². The molecule has 0 bridgehead atoms. The highest BCUT2D eigenvalue weighted by molar-refractivity contribution is 8.18. The lowest BCUT2D eigenvalue weighted by Crippen LogP contribution is -2.38. The Labute approximate surface area is 206 Å². The van der Waals surface area contributed by atoms with Gasteiger partial charge in [-0.15, -0.1) is 0 Å². The number of thioether (sulfide) groups is 1. The van der Waals surface area contributed by atoms with Crippen molar-refractivity contribution in [1.29, 1.82) is 0 Å². The molecule has 35 heavy (non-hydrogen) atoms. The topological polar surface area (TPSA) is 124 Å². The molecule has 0 spiro atoms. The van der Waals surface area contributed by atoms with Gasteiger partial charge in [-0.25, -0.2) is 0 Å². The van der Waals surface area contributed by atoms with Crippen molar-refractivity contribution >= 4 is 40.9 Å². The Balaban J connectivity index is 1.29. The van der Waals surface area contributed by atoms with E-state index >= 15 is 0 Å². The molecule has 2 heterocycles. The van der Waals surface area contributed by atoms with Crippen LogP contribution in [0, 0.1) is 0 Å². The Morgan fingerprint density at radius 3 is 2.63 bits per heavy atom. The molecule has 1 saturated heterocycles. The van der Waals surface area contributed by atoms with Gasteiger partial charge in [0.15, 0.2) is 6.61 Å². The van der Waals surface area contributed by atoms with Crippen molar-refractivity contribution < 1.29 is 33.4 Å². The van der Waals surface area contributed by atoms with Gasteiger partial charge in [0.2, 0.25) is 0 Å². The zero-order chi connectivity index (χ0) is 25.0. The maximum atomic E-state index is 12.5. The second-order valence-corrected chi connectivity index (χ2v) is 8.25. The molecule has 1 aliphatic rings. The zero-order valence-corrected chi connectivity index (χ0v) is 19.9. The number of aromatic nitrogens is 1. The first-order valence-electron chi connectivity index (χ1n) is 10.8. The number of ether oxygens (including phenoxy) is 3. The number of nitrogens with zero attached hydrogens (tertiary/aromatic N) is 2. The number of imide groups is 1. The fourth-order valence-corrected chi connectivity index (χ4v) is 3.83. The van der Waals surface area contributed by atoms with Gasteiger partial charge in [-0.05, 0) is 60.2 Å². The summed E-state index contributed by atoms with van der Waals surface area (Å²) in [4.78, 5) is 53.6. The summed E-state index contributed by atoms with van der Waals surface area (Å²) in [6, 6.07) is 10.6. The molecule has 0 atom stereocenters. The largest absolute Gasteiger partial charge is 0.497 e. The maximum absolute atomic E-state index is 12.5. The molecule has 2 aromatic rings. The fraction of sp³-hybridized carbons (Fsp3) is 0.292. The van der Waals surface area contributed by atoms with Gasteiger partial charge in [0.05, 0.1) is 18.6 Å². The molecular formula is C24H25N3O7S. The second-order valence-electron chi connectivity index (χ2n) is 7.26. The Kier molecular flexibility index (Phi) is 9.67. The van der Waals surface area contributed by atoms with Crippen molar-refractivity contribution in [2.45, 2.75) is 12.8 Å². The van der Waals surface area contributed by atoms with E-state index in [0.29, 0.717) is 29.2 Å². The minimum atomic E-state index is -0.523.